The Balaban J connectivity index is 0.00000128. The van der Waals surface area contributed by atoms with Crippen LogP contribution in [0, 0.1) is 0 Å². The SMILES string of the molecule is C.Nc1ccc(C(=O)C[NH+]2C=CN=C2)cc1.[Cl-]. The van der Waals surface area contributed by atoms with Gasteiger partial charge in [0.1, 0.15) is 6.20 Å². The number of anilines is 1. The average Bonchev–Trinajstić information content (AvgIpc) is 2.71. The molecule has 0 amide bonds. The van der Waals surface area contributed by atoms with Crippen molar-refractivity contribution in [1.29, 1.82) is 0 Å². The van der Waals surface area contributed by atoms with Crippen LogP contribution >= 0.6 is 0 Å². The van der Waals surface area contributed by atoms with Crippen molar-refractivity contribution in [2.24, 2.45) is 4.99 Å². The number of nitrogens with two attached hydrogens (primary N) is 1. The molecule has 17 heavy (non-hydrogen) atoms. The topological polar surface area (TPSA) is 59.9 Å². The van der Waals surface area contributed by atoms with Crippen LogP contribution in [0.15, 0.2) is 41.7 Å². The van der Waals surface area contributed by atoms with Gasteiger partial charge in [-0.25, -0.2) is 4.99 Å². The average molecular weight is 254 g/mol. The summed E-state index contributed by atoms with van der Waals surface area (Å²) < 4.78 is 0. The fourth-order valence-corrected chi connectivity index (χ4v) is 1.38. The largest absolute Gasteiger partial charge is 1.00 e. The number of nitrogens with zero attached hydrogens (tertiary/aromatic N) is 1. The Morgan fingerprint density at radius 1 is 1.29 bits per heavy atom. The van der Waals surface area contributed by atoms with E-state index >= 15 is 0 Å². The van der Waals surface area contributed by atoms with E-state index < -0.39 is 0 Å². The summed E-state index contributed by atoms with van der Waals surface area (Å²) in [6.45, 7) is 0.393. The normalized spacial score (nSPS) is 16.1. The number of nitrogens with one attached hydrogen (secondary N) is 1. The van der Waals surface area contributed by atoms with Crippen LogP contribution in [0.4, 0.5) is 5.69 Å². The lowest BCUT2D eigenvalue weighted by atomic mass is 10.1. The smallest absolute Gasteiger partial charge is 0.217 e. The van der Waals surface area contributed by atoms with Crippen molar-refractivity contribution in [1.82, 2.24) is 0 Å². The van der Waals surface area contributed by atoms with Crippen molar-refractivity contribution in [2.45, 2.75) is 7.43 Å². The van der Waals surface area contributed by atoms with Gasteiger partial charge in [-0.1, -0.05) is 7.43 Å². The van der Waals surface area contributed by atoms with Gasteiger partial charge in [-0.05, 0) is 24.3 Å². The van der Waals surface area contributed by atoms with Crippen molar-refractivity contribution in [3.05, 3.63) is 42.2 Å². The number of carbonyl (C=O) groups excluding carboxylic acids is 1. The van der Waals surface area contributed by atoms with Crippen LogP contribution in [0.1, 0.15) is 17.8 Å². The Hall–Kier alpha value is -1.65. The maximum absolute atomic E-state index is 11.8. The molecule has 0 aliphatic carbocycles. The van der Waals surface area contributed by atoms with E-state index in [2.05, 4.69) is 4.99 Å². The highest BCUT2D eigenvalue weighted by Crippen LogP contribution is 2.05. The third-order valence-electron chi connectivity index (χ3n) is 2.21. The molecule has 1 aliphatic heterocycles. The molecule has 1 aromatic rings. The minimum Gasteiger partial charge on any atom is -1.00 e. The minimum atomic E-state index is 0. The summed E-state index contributed by atoms with van der Waals surface area (Å²) in [5.74, 6) is 0.0861. The monoisotopic (exact) mass is 253 g/mol. The maximum atomic E-state index is 11.8. The number of nitrogen functional groups attached to an aromatic ring is 1. The first-order chi connectivity index (χ1) is 7.25. The summed E-state index contributed by atoms with van der Waals surface area (Å²) in [7, 11) is 0. The minimum absolute atomic E-state index is 0. The number of aliphatic imine (C=N–C) groups is 1. The van der Waals surface area contributed by atoms with E-state index in [0.717, 1.165) is 4.90 Å². The van der Waals surface area contributed by atoms with E-state index in [9.17, 15) is 4.79 Å². The van der Waals surface area contributed by atoms with Gasteiger partial charge in [-0.3, -0.25) is 9.69 Å². The predicted molar refractivity (Wildman–Crippen MR) is 65.4 cm³/mol. The molecule has 5 heteroatoms. The van der Waals surface area contributed by atoms with Gasteiger partial charge < -0.3 is 18.1 Å². The van der Waals surface area contributed by atoms with Crippen molar-refractivity contribution in [3.8, 4) is 0 Å². The Bertz CT molecular complexity index is 414. The number of halogens is 1. The lowest BCUT2D eigenvalue weighted by Crippen LogP contribution is -3.06. The molecule has 1 aromatic carbocycles. The number of hydrogen-bond donors (Lipinski definition) is 2. The van der Waals surface area contributed by atoms with E-state index in [1.807, 2.05) is 6.20 Å². The molecule has 0 saturated carbocycles. The fraction of sp³-hybridized carbons (Fsp3) is 0.167. The van der Waals surface area contributed by atoms with Crippen LogP contribution < -0.4 is 23.0 Å². The Morgan fingerprint density at radius 2 is 1.94 bits per heavy atom. The van der Waals surface area contributed by atoms with E-state index in [0.29, 0.717) is 17.8 Å². The number of hydrogen-bond acceptors (Lipinski definition) is 3. The molecule has 1 heterocycles. The highest BCUT2D eigenvalue weighted by Gasteiger charge is 2.13. The highest BCUT2D eigenvalue weighted by molar-refractivity contribution is 5.97. The molecule has 1 unspecified atom stereocenters. The predicted octanol–water partition coefficient (Wildman–Crippen LogP) is -2.51. The van der Waals surface area contributed by atoms with Gasteiger partial charge in [-0.15, -0.1) is 0 Å². The van der Waals surface area contributed by atoms with Gasteiger partial charge in [0.25, 0.3) is 0 Å². The van der Waals surface area contributed by atoms with Crippen molar-refractivity contribution < 1.29 is 22.1 Å². The number of rotatable bonds is 3. The molecule has 1 atom stereocenters. The molecular weight excluding hydrogens is 238 g/mol. The number of carbonyl (C=O) groups is 1. The first kappa shape index (κ1) is 15.3. The molecule has 2 rings (SSSR count). The summed E-state index contributed by atoms with van der Waals surface area (Å²) >= 11 is 0. The summed E-state index contributed by atoms with van der Waals surface area (Å²) in [5, 5.41) is 0. The van der Waals surface area contributed by atoms with Gasteiger partial charge in [0, 0.05) is 11.3 Å². The van der Waals surface area contributed by atoms with Gasteiger partial charge in [0.2, 0.25) is 5.78 Å². The van der Waals surface area contributed by atoms with Crippen LogP contribution in [0.2, 0.25) is 0 Å². The molecule has 0 radical (unpaired) electrons. The summed E-state index contributed by atoms with van der Waals surface area (Å²) in [4.78, 5) is 16.6. The van der Waals surface area contributed by atoms with E-state index in [4.69, 9.17) is 5.73 Å². The Kier molecular flexibility index (Phi) is 6.17. The van der Waals surface area contributed by atoms with Crippen LogP contribution in [-0.4, -0.2) is 18.7 Å². The molecule has 3 N–H and O–H groups in total. The second kappa shape index (κ2) is 6.83. The van der Waals surface area contributed by atoms with Crippen LogP contribution in [0.5, 0.6) is 0 Å². The van der Waals surface area contributed by atoms with E-state index in [1.54, 1.807) is 36.8 Å². The van der Waals surface area contributed by atoms with Crippen LogP contribution in [0.25, 0.3) is 0 Å². The van der Waals surface area contributed by atoms with Crippen molar-refractivity contribution in [3.63, 3.8) is 0 Å². The maximum Gasteiger partial charge on any atom is 0.217 e. The molecule has 0 aromatic heterocycles. The first-order valence-electron chi connectivity index (χ1n) is 4.70. The summed E-state index contributed by atoms with van der Waals surface area (Å²) in [6, 6.07) is 6.95. The zero-order valence-corrected chi connectivity index (χ0v) is 9.32. The molecule has 0 bridgehead atoms. The third-order valence-corrected chi connectivity index (χ3v) is 2.21. The molecule has 4 nitrogen and oxygen atoms in total. The fourth-order valence-electron chi connectivity index (χ4n) is 1.38. The lowest BCUT2D eigenvalue weighted by Gasteiger charge is -2.04. The number of benzene rings is 1. The third kappa shape index (κ3) is 4.01. The first-order valence-corrected chi connectivity index (χ1v) is 4.70. The second-order valence-electron chi connectivity index (χ2n) is 3.39. The molecule has 92 valence electrons. The highest BCUT2D eigenvalue weighted by atomic mass is 35.5. The molecule has 0 saturated heterocycles. The van der Waals surface area contributed by atoms with Gasteiger partial charge >= 0.3 is 0 Å². The quantitative estimate of drug-likeness (QED) is 0.462. The molecule has 1 aliphatic rings. The summed E-state index contributed by atoms with van der Waals surface area (Å²) in [5.41, 5.74) is 6.90. The number of Topliss-reactive ketones (excluding diaryl/α,β-unsaturated/α-hetero) is 1. The summed E-state index contributed by atoms with van der Waals surface area (Å²) in [6.07, 6.45) is 5.23. The zero-order chi connectivity index (χ0) is 10.7. The molecular formula is C12H16ClN3O. The molecule has 0 spiro atoms. The Morgan fingerprint density at radius 3 is 2.47 bits per heavy atom. The number of quaternary nitrogens is 1. The second-order valence-corrected chi connectivity index (χ2v) is 3.39. The van der Waals surface area contributed by atoms with E-state index in [1.165, 1.54) is 0 Å². The van der Waals surface area contributed by atoms with Crippen LogP contribution in [-0.2, 0) is 0 Å². The lowest BCUT2D eigenvalue weighted by molar-refractivity contribution is -0.725. The van der Waals surface area contributed by atoms with Gasteiger partial charge in [0.05, 0.1) is 6.20 Å². The van der Waals surface area contributed by atoms with E-state index in [-0.39, 0.29) is 25.6 Å². The Labute approximate surface area is 107 Å². The van der Waals surface area contributed by atoms with Gasteiger partial charge in [0.15, 0.2) is 12.9 Å². The standard InChI is InChI=1S/C11H11N3O.CH4.ClH/c12-10-3-1-9(2-4-10)11(15)7-14-6-5-13-8-14;;/h1-6,8H,7,12H2;1H4;1H. The van der Waals surface area contributed by atoms with Crippen molar-refractivity contribution in [2.75, 3.05) is 12.3 Å². The van der Waals surface area contributed by atoms with Gasteiger partial charge in [-0.2, -0.15) is 0 Å². The number of ketones is 1. The molecule has 0 fully saturated rings. The zero-order valence-electron chi connectivity index (χ0n) is 8.56. The van der Waals surface area contributed by atoms with Crippen LogP contribution in [0.3, 0.4) is 0 Å². The van der Waals surface area contributed by atoms with Crippen molar-refractivity contribution >= 4 is 17.8 Å².